The van der Waals surface area contributed by atoms with Crippen LogP contribution in [-0.2, 0) is 4.74 Å². The van der Waals surface area contributed by atoms with Crippen molar-refractivity contribution in [1.29, 1.82) is 0 Å². The van der Waals surface area contributed by atoms with Gasteiger partial charge in [0.15, 0.2) is 0 Å². The maximum Gasteiger partial charge on any atom is 0.246 e. The Kier molecular flexibility index (Phi) is 3.92. The molecule has 1 aliphatic carbocycles. The van der Waals surface area contributed by atoms with Gasteiger partial charge in [0, 0.05) is 13.0 Å². The summed E-state index contributed by atoms with van der Waals surface area (Å²) in [5, 5.41) is 1.23. The predicted molar refractivity (Wildman–Crippen MR) is 81.5 cm³/mol. The molecular formula is C16H19NOS. The molecule has 2 aliphatic rings. The quantitative estimate of drug-likeness (QED) is 0.753. The molecule has 1 aliphatic heterocycles. The lowest BCUT2D eigenvalue weighted by Crippen LogP contribution is -2.26. The van der Waals surface area contributed by atoms with Crippen LogP contribution in [0.5, 0.6) is 0 Å². The van der Waals surface area contributed by atoms with Crippen LogP contribution in [0.2, 0.25) is 0 Å². The molecule has 1 aromatic carbocycles. The molecule has 0 amide bonds. The van der Waals surface area contributed by atoms with E-state index in [4.69, 9.17) is 4.74 Å². The highest BCUT2D eigenvalue weighted by Gasteiger charge is 2.40. The molecule has 19 heavy (non-hydrogen) atoms. The normalized spacial score (nSPS) is 32.5. The van der Waals surface area contributed by atoms with E-state index >= 15 is 0 Å². The lowest BCUT2D eigenvalue weighted by Gasteiger charge is -2.27. The molecule has 0 N–H and O–H groups in total. The molecular weight excluding hydrogens is 254 g/mol. The summed E-state index contributed by atoms with van der Waals surface area (Å²) < 4.78 is 6.10. The molecule has 0 aromatic heterocycles. The Hall–Kier alpha value is -1.22. The monoisotopic (exact) mass is 273 g/mol. The molecule has 0 radical (unpaired) electrons. The average Bonchev–Trinajstić information content (AvgIpc) is 2.93. The van der Waals surface area contributed by atoms with Crippen LogP contribution in [0.3, 0.4) is 0 Å². The molecule has 2 nitrogen and oxygen atoms in total. The van der Waals surface area contributed by atoms with Crippen LogP contribution in [0.25, 0.3) is 0 Å². The Labute approximate surface area is 119 Å². The van der Waals surface area contributed by atoms with E-state index in [0.717, 1.165) is 11.7 Å². The average molecular weight is 273 g/mol. The number of ether oxygens (including phenoxy) is 1. The molecule has 0 bridgehead atoms. The first-order chi connectivity index (χ1) is 9.38. The number of benzene rings is 1. The van der Waals surface area contributed by atoms with E-state index in [2.05, 4.69) is 47.5 Å². The molecule has 1 fully saturated rings. The zero-order valence-corrected chi connectivity index (χ0v) is 12.0. The van der Waals surface area contributed by atoms with E-state index in [-0.39, 0.29) is 6.10 Å². The van der Waals surface area contributed by atoms with Crippen LogP contribution in [-0.4, -0.2) is 18.4 Å². The van der Waals surface area contributed by atoms with Crippen molar-refractivity contribution in [3.05, 3.63) is 48.0 Å². The minimum absolute atomic E-state index is 0.260. The molecule has 0 saturated carbocycles. The summed E-state index contributed by atoms with van der Waals surface area (Å²) in [5.41, 5.74) is 1.35. The van der Waals surface area contributed by atoms with Crippen LogP contribution >= 0.6 is 11.8 Å². The Morgan fingerprint density at radius 2 is 2.05 bits per heavy atom. The topological polar surface area (TPSA) is 21.6 Å². The highest BCUT2D eigenvalue weighted by Crippen LogP contribution is 2.46. The number of hydrogen-bond acceptors (Lipinski definition) is 3. The minimum Gasteiger partial charge on any atom is -0.468 e. The molecule has 3 atom stereocenters. The van der Waals surface area contributed by atoms with Crippen LogP contribution in [0.4, 0.5) is 0 Å². The Morgan fingerprint density at radius 1 is 1.21 bits per heavy atom. The predicted octanol–water partition coefficient (Wildman–Crippen LogP) is 4.20. The van der Waals surface area contributed by atoms with E-state index in [1.165, 1.54) is 18.4 Å². The minimum atomic E-state index is 0.260. The second-order valence-electron chi connectivity index (χ2n) is 5.07. The number of thioether (sulfide) groups is 1. The van der Waals surface area contributed by atoms with E-state index in [1.54, 1.807) is 11.8 Å². The van der Waals surface area contributed by atoms with Gasteiger partial charge in [-0.3, -0.25) is 0 Å². The SMILES string of the molecule is CN=C1OC(C2CC=CCC2)C(c2ccccc2)S1. The van der Waals surface area contributed by atoms with Crippen LogP contribution < -0.4 is 0 Å². The molecule has 1 heterocycles. The van der Waals surface area contributed by atoms with E-state index in [9.17, 15) is 0 Å². The van der Waals surface area contributed by atoms with Crippen LogP contribution in [0, 0.1) is 5.92 Å². The summed E-state index contributed by atoms with van der Waals surface area (Å²) in [4.78, 5) is 4.25. The van der Waals surface area contributed by atoms with Crippen LogP contribution in [0.1, 0.15) is 30.1 Å². The van der Waals surface area contributed by atoms with E-state index in [1.807, 2.05) is 7.05 Å². The van der Waals surface area contributed by atoms with Crippen molar-refractivity contribution in [2.75, 3.05) is 7.05 Å². The molecule has 100 valence electrons. The number of rotatable bonds is 2. The van der Waals surface area contributed by atoms with Gasteiger partial charge >= 0.3 is 0 Å². The lowest BCUT2D eigenvalue weighted by atomic mass is 9.86. The van der Waals surface area contributed by atoms with Gasteiger partial charge in [0.25, 0.3) is 0 Å². The fraction of sp³-hybridized carbons (Fsp3) is 0.438. The van der Waals surface area contributed by atoms with Gasteiger partial charge in [-0.05, 0) is 24.8 Å². The van der Waals surface area contributed by atoms with Crippen molar-refractivity contribution in [3.63, 3.8) is 0 Å². The van der Waals surface area contributed by atoms with Gasteiger partial charge in [-0.2, -0.15) is 0 Å². The maximum absolute atomic E-state index is 6.10. The molecule has 3 heteroatoms. The molecule has 3 unspecified atom stereocenters. The summed E-state index contributed by atoms with van der Waals surface area (Å²) >= 11 is 1.77. The first-order valence-electron chi connectivity index (χ1n) is 6.88. The Balaban J connectivity index is 1.85. The van der Waals surface area contributed by atoms with E-state index < -0.39 is 0 Å². The van der Waals surface area contributed by atoms with Crippen molar-refractivity contribution < 1.29 is 4.74 Å². The van der Waals surface area contributed by atoms with Crippen LogP contribution in [0.15, 0.2) is 47.5 Å². The molecule has 3 rings (SSSR count). The Bertz CT molecular complexity index is 483. The third-order valence-corrected chi connectivity index (χ3v) is 5.12. The van der Waals surface area contributed by atoms with Gasteiger partial charge < -0.3 is 4.74 Å². The second kappa shape index (κ2) is 5.83. The van der Waals surface area contributed by atoms with Crippen molar-refractivity contribution in [2.45, 2.75) is 30.6 Å². The van der Waals surface area contributed by atoms with Crippen molar-refractivity contribution in [2.24, 2.45) is 10.9 Å². The number of aliphatic imine (C=N–C) groups is 1. The van der Waals surface area contributed by atoms with Gasteiger partial charge in [0.1, 0.15) is 6.10 Å². The maximum atomic E-state index is 6.10. The summed E-state index contributed by atoms with van der Waals surface area (Å²) in [6.07, 6.45) is 8.37. The van der Waals surface area contributed by atoms with E-state index in [0.29, 0.717) is 11.2 Å². The summed E-state index contributed by atoms with van der Waals surface area (Å²) in [6, 6.07) is 10.7. The lowest BCUT2D eigenvalue weighted by molar-refractivity contribution is 0.127. The first kappa shape index (κ1) is 12.8. The van der Waals surface area contributed by atoms with Crippen molar-refractivity contribution >= 4 is 17.0 Å². The molecule has 1 saturated heterocycles. The van der Waals surface area contributed by atoms with Crippen molar-refractivity contribution in [1.82, 2.24) is 0 Å². The first-order valence-corrected chi connectivity index (χ1v) is 7.76. The fourth-order valence-electron chi connectivity index (χ4n) is 2.85. The highest BCUT2D eigenvalue weighted by atomic mass is 32.2. The summed E-state index contributed by atoms with van der Waals surface area (Å²) in [6.45, 7) is 0. The summed E-state index contributed by atoms with van der Waals surface area (Å²) in [7, 11) is 1.81. The molecule has 0 spiro atoms. The van der Waals surface area contributed by atoms with Gasteiger partial charge in [-0.15, -0.1) is 0 Å². The van der Waals surface area contributed by atoms with Gasteiger partial charge in [0.05, 0.1) is 5.25 Å². The standard InChI is InChI=1S/C16H19NOS/c1-17-16-18-14(12-8-4-2-5-9-12)15(19-16)13-10-6-3-7-11-13/h2-4,6-7,10-12,14-15H,5,8-9H2,1H3. The van der Waals surface area contributed by atoms with Crippen molar-refractivity contribution in [3.8, 4) is 0 Å². The third kappa shape index (κ3) is 2.71. The fourth-order valence-corrected chi connectivity index (χ4v) is 4.04. The summed E-state index contributed by atoms with van der Waals surface area (Å²) in [5.74, 6) is 0.613. The zero-order chi connectivity index (χ0) is 13.1. The largest absolute Gasteiger partial charge is 0.468 e. The third-order valence-electron chi connectivity index (χ3n) is 3.85. The van der Waals surface area contributed by atoms with Gasteiger partial charge in [-0.25, -0.2) is 4.99 Å². The number of allylic oxidation sites excluding steroid dienone is 2. The zero-order valence-electron chi connectivity index (χ0n) is 11.2. The number of nitrogens with zero attached hydrogens (tertiary/aromatic N) is 1. The number of hydrogen-bond donors (Lipinski definition) is 0. The van der Waals surface area contributed by atoms with Gasteiger partial charge in [0.2, 0.25) is 5.23 Å². The van der Waals surface area contributed by atoms with Gasteiger partial charge in [-0.1, -0.05) is 54.2 Å². The Morgan fingerprint density at radius 3 is 2.74 bits per heavy atom. The smallest absolute Gasteiger partial charge is 0.246 e. The highest BCUT2D eigenvalue weighted by molar-refractivity contribution is 8.14. The molecule has 1 aromatic rings. The second-order valence-corrected chi connectivity index (χ2v) is 6.16.